The van der Waals surface area contributed by atoms with Crippen LogP contribution in [0.2, 0.25) is 0 Å². The smallest absolute Gasteiger partial charge is 0.243 e. The number of rotatable bonds is 9. The van der Waals surface area contributed by atoms with Crippen molar-refractivity contribution in [3.8, 4) is 0 Å². The van der Waals surface area contributed by atoms with Gasteiger partial charge in [0.15, 0.2) is 0 Å². The van der Waals surface area contributed by atoms with Gasteiger partial charge in [0.05, 0.1) is 6.54 Å². The lowest BCUT2D eigenvalue weighted by Crippen LogP contribution is -2.22. The number of anilines is 4. The molecule has 0 fully saturated rings. The Hall–Kier alpha value is -3.35. The van der Waals surface area contributed by atoms with Crippen LogP contribution in [0.3, 0.4) is 0 Å². The van der Waals surface area contributed by atoms with E-state index >= 15 is 0 Å². The fourth-order valence-electron chi connectivity index (χ4n) is 2.47. The van der Waals surface area contributed by atoms with Crippen molar-refractivity contribution in [2.24, 2.45) is 0 Å². The van der Waals surface area contributed by atoms with E-state index in [2.05, 4.69) is 21.3 Å². The second-order valence-electron chi connectivity index (χ2n) is 6.26. The summed E-state index contributed by atoms with van der Waals surface area (Å²) in [7, 11) is 0. The zero-order valence-corrected chi connectivity index (χ0v) is 16.2. The van der Waals surface area contributed by atoms with Crippen LogP contribution >= 0.6 is 0 Å². The largest absolute Gasteiger partial charge is 0.376 e. The Morgan fingerprint density at radius 2 is 1.21 bits per heavy atom. The van der Waals surface area contributed by atoms with Crippen LogP contribution in [-0.4, -0.2) is 24.3 Å². The first-order valence-corrected chi connectivity index (χ1v) is 9.33. The maximum Gasteiger partial charge on any atom is 0.243 e. The molecule has 0 aliphatic carbocycles. The zero-order valence-electron chi connectivity index (χ0n) is 16.2. The summed E-state index contributed by atoms with van der Waals surface area (Å²) >= 11 is 0. The molecule has 0 saturated carbocycles. The van der Waals surface area contributed by atoms with Gasteiger partial charge in [-0.05, 0) is 42.8 Å². The van der Waals surface area contributed by atoms with E-state index in [4.69, 9.17) is 0 Å². The number of benzene rings is 2. The van der Waals surface area contributed by atoms with Crippen molar-refractivity contribution in [3.63, 3.8) is 0 Å². The van der Waals surface area contributed by atoms with E-state index in [1.807, 2.05) is 19.1 Å². The van der Waals surface area contributed by atoms with Crippen LogP contribution in [0.5, 0.6) is 0 Å². The van der Waals surface area contributed by atoms with Crippen molar-refractivity contribution >= 4 is 40.5 Å². The molecule has 0 heterocycles. The van der Waals surface area contributed by atoms with Crippen molar-refractivity contribution in [1.29, 1.82) is 0 Å². The van der Waals surface area contributed by atoms with Gasteiger partial charge in [0, 0.05) is 35.6 Å². The number of amides is 3. The maximum atomic E-state index is 12.2. The minimum atomic E-state index is -0.223. The SMILES string of the molecule is CCCC(=O)Nc1cccc(NCC(=O)Nc2cccc(NC(=O)CC)c2)c1. The Labute approximate surface area is 164 Å². The molecule has 148 valence electrons. The molecule has 3 amide bonds. The molecule has 0 aromatic heterocycles. The fraction of sp³-hybridized carbons (Fsp3) is 0.286. The van der Waals surface area contributed by atoms with Gasteiger partial charge in [0.25, 0.3) is 0 Å². The minimum absolute atomic E-state index is 0.0348. The maximum absolute atomic E-state index is 12.2. The Kier molecular flexibility index (Phi) is 8.02. The topological polar surface area (TPSA) is 99.3 Å². The molecule has 2 aromatic rings. The summed E-state index contributed by atoms with van der Waals surface area (Å²) in [4.78, 5) is 35.3. The van der Waals surface area contributed by atoms with E-state index in [1.54, 1.807) is 43.3 Å². The van der Waals surface area contributed by atoms with Gasteiger partial charge in [-0.25, -0.2) is 0 Å². The fourth-order valence-corrected chi connectivity index (χ4v) is 2.47. The summed E-state index contributed by atoms with van der Waals surface area (Å²) in [6, 6.07) is 14.2. The minimum Gasteiger partial charge on any atom is -0.376 e. The highest BCUT2D eigenvalue weighted by Gasteiger charge is 2.06. The molecule has 7 heteroatoms. The molecule has 0 spiro atoms. The van der Waals surface area contributed by atoms with Crippen molar-refractivity contribution in [2.75, 3.05) is 27.8 Å². The van der Waals surface area contributed by atoms with Crippen LogP contribution in [0.4, 0.5) is 22.7 Å². The van der Waals surface area contributed by atoms with E-state index in [-0.39, 0.29) is 24.3 Å². The van der Waals surface area contributed by atoms with Gasteiger partial charge in [0.2, 0.25) is 17.7 Å². The Balaban J connectivity index is 1.88. The van der Waals surface area contributed by atoms with Gasteiger partial charge in [-0.3, -0.25) is 14.4 Å². The molecule has 7 nitrogen and oxygen atoms in total. The zero-order chi connectivity index (χ0) is 20.4. The van der Waals surface area contributed by atoms with Crippen LogP contribution in [0, 0.1) is 0 Å². The van der Waals surface area contributed by atoms with Gasteiger partial charge < -0.3 is 21.3 Å². The molecule has 2 aromatic carbocycles. The molecule has 0 saturated heterocycles. The number of carbonyl (C=O) groups excluding carboxylic acids is 3. The van der Waals surface area contributed by atoms with Gasteiger partial charge in [0.1, 0.15) is 0 Å². The molecule has 4 N–H and O–H groups in total. The molecule has 0 radical (unpaired) electrons. The van der Waals surface area contributed by atoms with Crippen molar-refractivity contribution in [3.05, 3.63) is 48.5 Å². The summed E-state index contributed by atoms with van der Waals surface area (Å²) in [5.41, 5.74) is 2.64. The molecule has 0 aliphatic rings. The first-order valence-electron chi connectivity index (χ1n) is 9.33. The number of carbonyl (C=O) groups is 3. The molecule has 0 unspecified atom stereocenters. The van der Waals surface area contributed by atoms with Crippen LogP contribution in [0.15, 0.2) is 48.5 Å². The average molecular weight is 382 g/mol. The summed E-state index contributed by atoms with van der Waals surface area (Å²) in [6.07, 6.45) is 1.64. The Morgan fingerprint density at radius 1 is 0.714 bits per heavy atom. The standard InChI is InChI=1S/C21H26N4O3/c1-3-7-20(27)24-16-9-5-8-15(12-16)22-14-21(28)25-18-11-6-10-17(13-18)23-19(26)4-2/h5-6,8-13,22H,3-4,7,14H2,1-2H3,(H,23,26)(H,24,27)(H,25,28). The molecule has 0 bridgehead atoms. The second kappa shape index (κ2) is 10.7. The first kappa shape index (κ1) is 21.0. The monoisotopic (exact) mass is 382 g/mol. The Morgan fingerprint density at radius 3 is 1.79 bits per heavy atom. The van der Waals surface area contributed by atoms with Crippen molar-refractivity contribution < 1.29 is 14.4 Å². The predicted octanol–water partition coefficient (Wildman–Crippen LogP) is 3.82. The third kappa shape index (κ3) is 7.11. The van der Waals surface area contributed by atoms with Gasteiger partial charge in [-0.2, -0.15) is 0 Å². The van der Waals surface area contributed by atoms with Crippen LogP contribution in [0.1, 0.15) is 33.1 Å². The highest BCUT2D eigenvalue weighted by atomic mass is 16.2. The second-order valence-corrected chi connectivity index (χ2v) is 6.26. The lowest BCUT2D eigenvalue weighted by Gasteiger charge is -2.11. The highest BCUT2D eigenvalue weighted by molar-refractivity contribution is 5.96. The van der Waals surface area contributed by atoms with Crippen molar-refractivity contribution in [2.45, 2.75) is 33.1 Å². The normalized spacial score (nSPS) is 10.1. The predicted molar refractivity (Wildman–Crippen MR) is 112 cm³/mol. The lowest BCUT2D eigenvalue weighted by molar-refractivity contribution is -0.116. The average Bonchev–Trinajstić information content (AvgIpc) is 2.67. The van der Waals surface area contributed by atoms with E-state index in [0.29, 0.717) is 29.9 Å². The highest BCUT2D eigenvalue weighted by Crippen LogP contribution is 2.17. The van der Waals surface area contributed by atoms with Gasteiger partial charge in [-0.1, -0.05) is 26.0 Å². The molecular formula is C21H26N4O3. The first-order chi connectivity index (χ1) is 13.5. The van der Waals surface area contributed by atoms with Gasteiger partial charge in [-0.15, -0.1) is 0 Å². The quantitative estimate of drug-likeness (QED) is 0.530. The molecule has 28 heavy (non-hydrogen) atoms. The van der Waals surface area contributed by atoms with E-state index in [9.17, 15) is 14.4 Å². The molecule has 2 rings (SSSR count). The van der Waals surface area contributed by atoms with E-state index < -0.39 is 0 Å². The lowest BCUT2D eigenvalue weighted by atomic mass is 10.2. The van der Waals surface area contributed by atoms with Gasteiger partial charge >= 0.3 is 0 Å². The van der Waals surface area contributed by atoms with Crippen LogP contribution < -0.4 is 21.3 Å². The molecule has 0 atom stereocenters. The van der Waals surface area contributed by atoms with E-state index in [1.165, 1.54) is 0 Å². The third-order valence-corrected chi connectivity index (χ3v) is 3.83. The summed E-state index contributed by atoms with van der Waals surface area (Å²) in [6.45, 7) is 3.79. The number of hydrogen-bond donors (Lipinski definition) is 4. The number of hydrogen-bond acceptors (Lipinski definition) is 4. The molecular weight excluding hydrogens is 356 g/mol. The third-order valence-electron chi connectivity index (χ3n) is 3.83. The summed E-state index contributed by atoms with van der Waals surface area (Å²) in [5.74, 6) is -0.345. The Bertz CT molecular complexity index is 836. The number of nitrogens with one attached hydrogen (secondary N) is 4. The van der Waals surface area contributed by atoms with E-state index in [0.717, 1.165) is 12.1 Å². The molecule has 0 aliphatic heterocycles. The summed E-state index contributed by atoms with van der Waals surface area (Å²) in [5, 5.41) is 11.4. The van der Waals surface area contributed by atoms with Crippen LogP contribution in [0.25, 0.3) is 0 Å². The van der Waals surface area contributed by atoms with Crippen LogP contribution in [-0.2, 0) is 14.4 Å². The van der Waals surface area contributed by atoms with Crippen molar-refractivity contribution in [1.82, 2.24) is 0 Å². The summed E-state index contributed by atoms with van der Waals surface area (Å²) < 4.78 is 0.